The van der Waals surface area contributed by atoms with Crippen molar-refractivity contribution in [1.29, 1.82) is 0 Å². The number of fused-ring (bicyclic) bond motifs is 2. The Morgan fingerprint density at radius 1 is 1.00 bits per heavy atom. The maximum absolute atomic E-state index is 14.3. The zero-order valence-corrected chi connectivity index (χ0v) is 32.4. The standard InChI is InChI=1S/C36H48F2N6O8S/c1-10-15-53-31-39-29(43(32(45)51-34(2,3)4)23-17-20(23)19-11-12-21(37)22(38)16-19)26-30(40-31)44(42-41-26)24-18-25(28-27(24)49-36(8,9)50-28)47-13-14-48-33(46)52-35(5,6)7/h11-12,16,20,23-25,27-28H,10,13-15,17-18H2,1-9H3/t20?,23?,24-,25+,27+,28-/m1/s1. The predicted molar refractivity (Wildman–Crippen MR) is 190 cm³/mol. The number of nitrogens with zero attached hydrogens (tertiary/aromatic N) is 6. The molecule has 2 unspecified atom stereocenters. The molecule has 1 aromatic carbocycles. The first-order valence-electron chi connectivity index (χ1n) is 17.9. The molecule has 2 aliphatic carbocycles. The van der Waals surface area contributed by atoms with Crippen LogP contribution in [0.5, 0.6) is 0 Å². The molecule has 3 fully saturated rings. The molecule has 6 rings (SSSR count). The van der Waals surface area contributed by atoms with Gasteiger partial charge in [-0.3, -0.25) is 4.90 Å². The normalized spacial score (nSPS) is 25.0. The zero-order valence-electron chi connectivity index (χ0n) is 31.6. The van der Waals surface area contributed by atoms with Crippen LogP contribution in [0, 0.1) is 11.6 Å². The van der Waals surface area contributed by atoms with Crippen molar-refractivity contribution in [2.45, 2.75) is 140 Å². The predicted octanol–water partition coefficient (Wildman–Crippen LogP) is 7.10. The molecule has 0 radical (unpaired) electrons. The van der Waals surface area contributed by atoms with E-state index in [2.05, 4.69) is 10.3 Å². The summed E-state index contributed by atoms with van der Waals surface area (Å²) in [5.74, 6) is -2.22. The summed E-state index contributed by atoms with van der Waals surface area (Å²) < 4.78 is 65.0. The van der Waals surface area contributed by atoms with Crippen LogP contribution in [0.15, 0.2) is 23.4 Å². The van der Waals surface area contributed by atoms with Crippen molar-refractivity contribution in [2.24, 2.45) is 0 Å². The van der Waals surface area contributed by atoms with E-state index < -0.39 is 71.3 Å². The van der Waals surface area contributed by atoms with Crippen LogP contribution in [-0.4, -0.2) is 97.5 Å². The molecule has 0 N–H and O–H groups in total. The Morgan fingerprint density at radius 2 is 1.72 bits per heavy atom. The van der Waals surface area contributed by atoms with Gasteiger partial charge in [-0.05, 0) is 85.9 Å². The maximum Gasteiger partial charge on any atom is 0.508 e. The molecule has 17 heteroatoms. The zero-order chi connectivity index (χ0) is 38.5. The van der Waals surface area contributed by atoms with Gasteiger partial charge in [0.15, 0.2) is 39.6 Å². The van der Waals surface area contributed by atoms with Crippen LogP contribution in [0.1, 0.15) is 99.1 Å². The number of benzene rings is 1. The lowest BCUT2D eigenvalue weighted by molar-refractivity contribution is -0.171. The lowest BCUT2D eigenvalue weighted by Gasteiger charge is -2.27. The quantitative estimate of drug-likeness (QED) is 0.0847. The topological polar surface area (TPSA) is 149 Å². The van der Waals surface area contributed by atoms with Gasteiger partial charge in [0.05, 0.1) is 18.8 Å². The van der Waals surface area contributed by atoms with E-state index in [1.165, 1.54) is 22.7 Å². The van der Waals surface area contributed by atoms with E-state index in [-0.39, 0.29) is 30.5 Å². The van der Waals surface area contributed by atoms with Gasteiger partial charge >= 0.3 is 12.2 Å². The Kier molecular flexibility index (Phi) is 11.0. The van der Waals surface area contributed by atoms with E-state index in [1.54, 1.807) is 46.2 Å². The van der Waals surface area contributed by atoms with E-state index in [1.807, 2.05) is 20.8 Å². The maximum atomic E-state index is 14.3. The fourth-order valence-corrected chi connectivity index (χ4v) is 7.31. The molecule has 53 heavy (non-hydrogen) atoms. The number of halogens is 2. The molecule has 0 bridgehead atoms. The summed E-state index contributed by atoms with van der Waals surface area (Å²) >= 11 is 1.42. The molecular weight excluding hydrogens is 714 g/mol. The number of hydrogen-bond donors (Lipinski definition) is 0. The molecular formula is C36H48F2N6O8S. The number of carbonyl (C=O) groups is 2. The molecule has 14 nitrogen and oxygen atoms in total. The molecule has 0 spiro atoms. The summed E-state index contributed by atoms with van der Waals surface area (Å²) in [4.78, 5) is 37.2. The van der Waals surface area contributed by atoms with Crippen LogP contribution in [0.2, 0.25) is 0 Å². The first-order chi connectivity index (χ1) is 24.8. The highest BCUT2D eigenvalue weighted by Crippen LogP contribution is 2.49. The third-order valence-corrected chi connectivity index (χ3v) is 9.77. The van der Waals surface area contributed by atoms with Crippen LogP contribution in [0.4, 0.5) is 24.2 Å². The van der Waals surface area contributed by atoms with Crippen molar-refractivity contribution >= 4 is 41.0 Å². The molecule has 6 atom stereocenters. The first kappa shape index (κ1) is 39.0. The minimum atomic E-state index is -0.961. The van der Waals surface area contributed by atoms with Gasteiger partial charge in [-0.15, -0.1) is 5.10 Å². The van der Waals surface area contributed by atoms with Gasteiger partial charge in [-0.1, -0.05) is 30.0 Å². The third-order valence-electron chi connectivity index (χ3n) is 8.72. The number of carbonyl (C=O) groups excluding carboxylic acids is 2. The second kappa shape index (κ2) is 14.9. The smallest absolute Gasteiger partial charge is 0.443 e. The van der Waals surface area contributed by atoms with Gasteiger partial charge in [0, 0.05) is 24.1 Å². The summed E-state index contributed by atoms with van der Waals surface area (Å²) in [5.41, 5.74) is -0.340. The van der Waals surface area contributed by atoms with E-state index in [0.717, 1.165) is 18.6 Å². The van der Waals surface area contributed by atoms with Crippen molar-refractivity contribution in [3.8, 4) is 0 Å². The summed E-state index contributed by atoms with van der Waals surface area (Å²) in [7, 11) is 0. The lowest BCUT2D eigenvalue weighted by Crippen LogP contribution is -2.39. The summed E-state index contributed by atoms with van der Waals surface area (Å²) in [6.07, 6.45) is -1.16. The number of thioether (sulfide) groups is 1. The van der Waals surface area contributed by atoms with Crippen molar-refractivity contribution in [3.63, 3.8) is 0 Å². The number of hydrogen-bond acceptors (Lipinski definition) is 13. The van der Waals surface area contributed by atoms with Crippen molar-refractivity contribution in [1.82, 2.24) is 25.0 Å². The number of amides is 1. The van der Waals surface area contributed by atoms with Crippen molar-refractivity contribution in [3.05, 3.63) is 35.4 Å². The average Bonchev–Trinajstić information content (AvgIpc) is 3.43. The largest absolute Gasteiger partial charge is 0.508 e. The average molecular weight is 763 g/mol. The Bertz CT molecular complexity index is 1830. The highest BCUT2D eigenvalue weighted by atomic mass is 32.2. The van der Waals surface area contributed by atoms with Crippen molar-refractivity contribution in [2.75, 3.05) is 23.9 Å². The van der Waals surface area contributed by atoms with Gasteiger partial charge < -0.3 is 28.4 Å². The summed E-state index contributed by atoms with van der Waals surface area (Å²) in [5, 5.41) is 9.49. The molecule has 2 saturated carbocycles. The molecule has 1 saturated heterocycles. The SMILES string of the molecule is CCCSc1nc(N(C(=O)OC(C)(C)C)C2CC2c2ccc(F)c(F)c2)c2nnn([C@@H]3C[C@H](OCCOC(=O)OC(C)(C)C)[C@H]4OC(C)(C)O[C@H]43)c2n1. The molecule has 3 aliphatic rings. The van der Waals surface area contributed by atoms with Crippen LogP contribution in [-0.2, 0) is 28.4 Å². The second-order valence-corrected chi connectivity index (χ2v) is 17.0. The number of ether oxygens (including phenoxy) is 6. The molecule has 3 heterocycles. The highest BCUT2D eigenvalue weighted by molar-refractivity contribution is 7.99. The van der Waals surface area contributed by atoms with Crippen LogP contribution in [0.25, 0.3) is 11.2 Å². The molecule has 3 aromatic rings. The van der Waals surface area contributed by atoms with Crippen LogP contribution >= 0.6 is 11.8 Å². The monoisotopic (exact) mass is 762 g/mol. The lowest BCUT2D eigenvalue weighted by atomic mass is 10.1. The summed E-state index contributed by atoms with van der Waals surface area (Å²) in [6, 6.07) is 2.84. The van der Waals surface area contributed by atoms with E-state index >= 15 is 0 Å². The van der Waals surface area contributed by atoms with Gasteiger partial charge in [0.25, 0.3) is 0 Å². The molecule has 1 amide bonds. The molecule has 290 valence electrons. The Hall–Kier alpha value is -3.67. The fraction of sp³-hybridized carbons (Fsp3) is 0.667. The third kappa shape index (κ3) is 9.01. The number of aromatic nitrogens is 5. The van der Waals surface area contributed by atoms with Gasteiger partial charge in [-0.25, -0.2) is 33.0 Å². The Morgan fingerprint density at radius 3 is 2.40 bits per heavy atom. The highest BCUT2D eigenvalue weighted by Gasteiger charge is 2.56. The van der Waals surface area contributed by atoms with Crippen LogP contribution < -0.4 is 4.90 Å². The molecule has 1 aliphatic heterocycles. The molecule has 2 aromatic heterocycles. The number of anilines is 1. The van der Waals surface area contributed by atoms with E-state index in [4.69, 9.17) is 38.4 Å². The van der Waals surface area contributed by atoms with E-state index in [0.29, 0.717) is 35.0 Å². The van der Waals surface area contributed by atoms with Gasteiger partial charge in [0.1, 0.15) is 30.0 Å². The Balaban J connectivity index is 1.33. The van der Waals surface area contributed by atoms with Crippen LogP contribution in [0.3, 0.4) is 0 Å². The second-order valence-electron chi connectivity index (χ2n) is 15.9. The summed E-state index contributed by atoms with van der Waals surface area (Å²) in [6.45, 7) is 16.3. The Labute approximate surface area is 311 Å². The fourth-order valence-electron chi connectivity index (χ4n) is 6.62. The minimum Gasteiger partial charge on any atom is -0.443 e. The van der Waals surface area contributed by atoms with Gasteiger partial charge in [0.2, 0.25) is 0 Å². The first-order valence-corrected chi connectivity index (χ1v) is 18.9. The van der Waals surface area contributed by atoms with Crippen molar-refractivity contribution < 1.29 is 46.8 Å². The van der Waals surface area contributed by atoms with E-state index in [9.17, 15) is 18.4 Å². The van der Waals surface area contributed by atoms with Gasteiger partial charge in [-0.2, -0.15) is 0 Å². The minimum absolute atomic E-state index is 0.0220. The number of rotatable bonds is 11.